The summed E-state index contributed by atoms with van der Waals surface area (Å²) in [4.78, 5) is 3.96. The molecule has 2 rings (SSSR count). The van der Waals surface area contributed by atoms with E-state index in [1.807, 2.05) is 24.3 Å². The van der Waals surface area contributed by atoms with Crippen LogP contribution in [0.3, 0.4) is 0 Å². The average Bonchev–Trinajstić information content (AvgIpc) is 2.30. The first kappa shape index (κ1) is 10.6. The molecule has 82 valence electrons. The van der Waals surface area contributed by atoms with Crippen molar-refractivity contribution < 1.29 is 5.11 Å². The zero-order valence-corrected chi connectivity index (χ0v) is 8.93. The van der Waals surface area contributed by atoms with Crippen molar-refractivity contribution in [1.29, 1.82) is 0 Å². The molecular weight excluding hydrogens is 200 g/mol. The fourth-order valence-corrected chi connectivity index (χ4v) is 1.52. The quantitative estimate of drug-likeness (QED) is 0.819. The van der Waals surface area contributed by atoms with Crippen LogP contribution in [0.1, 0.15) is 11.1 Å². The zero-order chi connectivity index (χ0) is 11.2. The van der Waals surface area contributed by atoms with Crippen LogP contribution in [0, 0.1) is 0 Å². The lowest BCUT2D eigenvalue weighted by molar-refractivity contribution is 0.474. The number of hydrogen-bond donors (Lipinski definition) is 2. The van der Waals surface area contributed by atoms with Gasteiger partial charge in [-0.3, -0.25) is 4.98 Å². The summed E-state index contributed by atoms with van der Waals surface area (Å²) in [7, 11) is 0. The number of benzene rings is 1. The fraction of sp³-hybridized carbons (Fsp3) is 0.154. The molecule has 1 heterocycles. The number of hydrogen-bond acceptors (Lipinski definition) is 3. The van der Waals surface area contributed by atoms with Crippen molar-refractivity contribution in [3.8, 4) is 5.75 Å². The molecule has 2 N–H and O–H groups in total. The lowest BCUT2D eigenvalue weighted by atomic mass is 10.2. The Labute approximate surface area is 94.8 Å². The summed E-state index contributed by atoms with van der Waals surface area (Å²) in [5.41, 5.74) is 2.28. The van der Waals surface area contributed by atoms with Crippen molar-refractivity contribution in [2.24, 2.45) is 0 Å². The molecule has 0 aliphatic carbocycles. The van der Waals surface area contributed by atoms with Crippen LogP contribution in [0.15, 0.2) is 48.8 Å². The van der Waals surface area contributed by atoms with Crippen molar-refractivity contribution in [3.05, 3.63) is 59.9 Å². The predicted octanol–water partition coefficient (Wildman–Crippen LogP) is 2.08. The predicted molar refractivity (Wildman–Crippen MR) is 62.9 cm³/mol. The number of rotatable bonds is 4. The highest BCUT2D eigenvalue weighted by molar-refractivity contribution is 5.27. The van der Waals surface area contributed by atoms with Gasteiger partial charge in [-0.1, -0.05) is 12.1 Å². The van der Waals surface area contributed by atoms with E-state index in [0.29, 0.717) is 5.75 Å². The number of nitrogens with one attached hydrogen (secondary N) is 1. The van der Waals surface area contributed by atoms with E-state index < -0.39 is 0 Å². The maximum atomic E-state index is 9.29. The Morgan fingerprint density at radius 2 is 1.75 bits per heavy atom. The molecule has 16 heavy (non-hydrogen) atoms. The van der Waals surface area contributed by atoms with Crippen LogP contribution in [-0.4, -0.2) is 10.1 Å². The minimum absolute atomic E-state index is 0.309. The molecule has 3 heteroatoms. The molecule has 1 aromatic heterocycles. The number of aromatic nitrogens is 1. The van der Waals surface area contributed by atoms with Crippen LogP contribution in [0.5, 0.6) is 5.75 Å². The third-order valence-corrected chi connectivity index (χ3v) is 2.32. The van der Waals surface area contributed by atoms with Crippen LogP contribution in [-0.2, 0) is 13.1 Å². The summed E-state index contributed by atoms with van der Waals surface area (Å²) in [6.07, 6.45) is 3.57. The van der Waals surface area contributed by atoms with Crippen LogP contribution >= 0.6 is 0 Å². The van der Waals surface area contributed by atoms with E-state index in [1.165, 1.54) is 5.56 Å². The summed E-state index contributed by atoms with van der Waals surface area (Å²) in [6, 6.07) is 11.2. The second-order valence-corrected chi connectivity index (χ2v) is 3.63. The van der Waals surface area contributed by atoms with Crippen LogP contribution in [0.2, 0.25) is 0 Å². The van der Waals surface area contributed by atoms with Gasteiger partial charge in [-0.25, -0.2) is 0 Å². The first-order chi connectivity index (χ1) is 7.84. The smallest absolute Gasteiger partial charge is 0.115 e. The second-order valence-electron chi connectivity index (χ2n) is 3.63. The highest BCUT2D eigenvalue weighted by Crippen LogP contribution is 2.10. The van der Waals surface area contributed by atoms with Gasteiger partial charge in [-0.15, -0.1) is 0 Å². The number of phenolic OH excluding ortho intramolecular Hbond substituents is 1. The van der Waals surface area contributed by atoms with E-state index in [4.69, 9.17) is 0 Å². The lowest BCUT2D eigenvalue weighted by Gasteiger charge is -2.05. The summed E-state index contributed by atoms with van der Waals surface area (Å²) >= 11 is 0. The van der Waals surface area contributed by atoms with Crippen molar-refractivity contribution in [2.75, 3.05) is 0 Å². The fourth-order valence-electron chi connectivity index (χ4n) is 1.52. The van der Waals surface area contributed by atoms with Crippen molar-refractivity contribution >= 4 is 0 Å². The van der Waals surface area contributed by atoms with E-state index >= 15 is 0 Å². The van der Waals surface area contributed by atoms with E-state index in [0.717, 1.165) is 18.7 Å². The standard InChI is InChI=1S/C13H14N2O/c16-13-3-1-2-12(8-13)10-15-9-11-4-6-14-7-5-11/h1-8,15-16H,9-10H2. The molecule has 0 radical (unpaired) electrons. The maximum absolute atomic E-state index is 9.29. The molecule has 0 bridgehead atoms. The molecule has 0 aliphatic rings. The second kappa shape index (κ2) is 5.28. The minimum Gasteiger partial charge on any atom is -0.508 e. The molecule has 0 atom stereocenters. The monoisotopic (exact) mass is 214 g/mol. The molecule has 2 aromatic rings. The highest BCUT2D eigenvalue weighted by Gasteiger charge is 1.95. The van der Waals surface area contributed by atoms with Gasteiger partial charge in [0.25, 0.3) is 0 Å². The van der Waals surface area contributed by atoms with Crippen molar-refractivity contribution in [3.63, 3.8) is 0 Å². The summed E-state index contributed by atoms with van der Waals surface area (Å²) in [5, 5.41) is 12.6. The summed E-state index contributed by atoms with van der Waals surface area (Å²) < 4.78 is 0. The van der Waals surface area contributed by atoms with Gasteiger partial charge in [0.15, 0.2) is 0 Å². The number of phenols is 1. The molecule has 0 aliphatic heterocycles. The van der Waals surface area contributed by atoms with Crippen molar-refractivity contribution in [2.45, 2.75) is 13.1 Å². The van der Waals surface area contributed by atoms with Crippen LogP contribution in [0.4, 0.5) is 0 Å². The molecule has 0 unspecified atom stereocenters. The zero-order valence-electron chi connectivity index (χ0n) is 8.93. The van der Waals surface area contributed by atoms with E-state index in [-0.39, 0.29) is 0 Å². The molecule has 0 fully saturated rings. The Morgan fingerprint density at radius 3 is 2.50 bits per heavy atom. The van der Waals surface area contributed by atoms with E-state index in [1.54, 1.807) is 24.5 Å². The number of nitrogens with zero attached hydrogens (tertiary/aromatic N) is 1. The molecule has 0 saturated carbocycles. The summed E-state index contributed by atoms with van der Waals surface area (Å²) in [5.74, 6) is 0.309. The molecule has 0 spiro atoms. The first-order valence-corrected chi connectivity index (χ1v) is 5.22. The van der Waals surface area contributed by atoms with Gasteiger partial charge in [-0.2, -0.15) is 0 Å². The molecule has 1 aromatic carbocycles. The van der Waals surface area contributed by atoms with Crippen molar-refractivity contribution in [1.82, 2.24) is 10.3 Å². The third kappa shape index (κ3) is 3.07. The average molecular weight is 214 g/mol. The SMILES string of the molecule is Oc1cccc(CNCc2ccncc2)c1. The number of aromatic hydroxyl groups is 1. The van der Waals surface area contributed by atoms with Gasteiger partial charge < -0.3 is 10.4 Å². The number of pyridine rings is 1. The Bertz CT molecular complexity index is 443. The van der Waals surface area contributed by atoms with E-state index in [9.17, 15) is 5.11 Å². The molecule has 0 amide bonds. The Morgan fingerprint density at radius 1 is 1.00 bits per heavy atom. The first-order valence-electron chi connectivity index (χ1n) is 5.22. The van der Waals surface area contributed by atoms with E-state index in [2.05, 4.69) is 10.3 Å². The van der Waals surface area contributed by atoms with Crippen LogP contribution in [0.25, 0.3) is 0 Å². The third-order valence-electron chi connectivity index (χ3n) is 2.32. The minimum atomic E-state index is 0.309. The van der Waals surface area contributed by atoms with Gasteiger partial charge in [0.1, 0.15) is 5.75 Å². The normalized spacial score (nSPS) is 10.2. The van der Waals surface area contributed by atoms with Gasteiger partial charge in [0.2, 0.25) is 0 Å². The topological polar surface area (TPSA) is 45.1 Å². The Hall–Kier alpha value is -1.87. The molecule has 0 saturated heterocycles. The van der Waals surface area contributed by atoms with Gasteiger partial charge in [0.05, 0.1) is 0 Å². The lowest BCUT2D eigenvalue weighted by Crippen LogP contribution is -2.12. The summed E-state index contributed by atoms with van der Waals surface area (Å²) in [6.45, 7) is 1.55. The van der Waals surface area contributed by atoms with Gasteiger partial charge >= 0.3 is 0 Å². The maximum Gasteiger partial charge on any atom is 0.115 e. The molecule has 3 nitrogen and oxygen atoms in total. The largest absolute Gasteiger partial charge is 0.508 e. The van der Waals surface area contributed by atoms with Gasteiger partial charge in [0, 0.05) is 25.5 Å². The molecular formula is C13H14N2O. The van der Waals surface area contributed by atoms with Gasteiger partial charge in [-0.05, 0) is 35.4 Å². The Kier molecular flexibility index (Phi) is 3.51. The van der Waals surface area contributed by atoms with Crippen LogP contribution < -0.4 is 5.32 Å². The highest BCUT2D eigenvalue weighted by atomic mass is 16.3. The Balaban J connectivity index is 1.85.